The molecule has 1 unspecified atom stereocenters. The Bertz CT molecular complexity index is 913. The van der Waals surface area contributed by atoms with E-state index in [-0.39, 0.29) is 5.97 Å². The number of benzene rings is 1. The first-order chi connectivity index (χ1) is 14.1. The number of thioether (sulfide) groups is 1. The zero-order valence-corrected chi connectivity index (χ0v) is 18.3. The normalized spacial score (nSPS) is 15.2. The van der Waals surface area contributed by atoms with Crippen LogP contribution in [0.3, 0.4) is 0 Å². The van der Waals surface area contributed by atoms with Crippen molar-refractivity contribution >= 4 is 17.7 Å². The van der Waals surface area contributed by atoms with Crippen LogP contribution in [-0.2, 0) is 16.0 Å². The Hall–Kier alpha value is -2.32. The lowest BCUT2D eigenvalue weighted by Crippen LogP contribution is -2.05. The third-order valence-corrected chi connectivity index (χ3v) is 6.18. The van der Waals surface area contributed by atoms with Crippen LogP contribution in [0.4, 0.5) is 0 Å². The largest absolute Gasteiger partial charge is 0.466 e. The minimum Gasteiger partial charge on any atom is -0.466 e. The van der Waals surface area contributed by atoms with Gasteiger partial charge in [0.1, 0.15) is 5.82 Å². The summed E-state index contributed by atoms with van der Waals surface area (Å²) in [4.78, 5) is 21.6. The van der Waals surface area contributed by atoms with Crippen LogP contribution in [0.15, 0.2) is 29.4 Å². The Balaban J connectivity index is 1.59. The van der Waals surface area contributed by atoms with Crippen LogP contribution in [0, 0.1) is 18.8 Å². The highest BCUT2D eigenvalue weighted by atomic mass is 32.2. The molecule has 0 bridgehead atoms. The number of hydrogen-bond donors (Lipinski definition) is 0. The van der Waals surface area contributed by atoms with Gasteiger partial charge in [0.15, 0.2) is 0 Å². The number of carbonyl (C=O) groups is 1. The third-order valence-electron chi connectivity index (χ3n) is 5.08. The van der Waals surface area contributed by atoms with Crippen molar-refractivity contribution in [3.05, 3.63) is 52.6 Å². The summed E-state index contributed by atoms with van der Waals surface area (Å²) < 4.78 is 4.93. The molecular formula is C24H28N2O2S. The van der Waals surface area contributed by atoms with E-state index in [2.05, 4.69) is 47.8 Å². The first kappa shape index (κ1) is 21.4. The van der Waals surface area contributed by atoms with Crippen molar-refractivity contribution in [3.63, 3.8) is 0 Å². The fourth-order valence-corrected chi connectivity index (χ4v) is 4.70. The Labute approximate surface area is 177 Å². The van der Waals surface area contributed by atoms with Gasteiger partial charge in [-0.15, -0.1) is 11.8 Å². The van der Waals surface area contributed by atoms with Gasteiger partial charge in [-0.2, -0.15) is 0 Å². The molecule has 0 fully saturated rings. The zero-order chi connectivity index (χ0) is 20.6. The molecular weight excluding hydrogens is 380 g/mol. The Morgan fingerprint density at radius 3 is 2.79 bits per heavy atom. The molecule has 5 heteroatoms. The first-order valence-electron chi connectivity index (χ1n) is 10.3. The van der Waals surface area contributed by atoms with Crippen molar-refractivity contribution < 1.29 is 9.53 Å². The van der Waals surface area contributed by atoms with E-state index >= 15 is 0 Å². The number of fused-ring (bicyclic) bond motifs is 1. The van der Waals surface area contributed by atoms with Crippen LogP contribution >= 0.6 is 11.8 Å². The molecule has 4 nitrogen and oxygen atoms in total. The molecule has 0 N–H and O–H groups in total. The number of hydrogen-bond acceptors (Lipinski definition) is 5. The van der Waals surface area contributed by atoms with Crippen molar-refractivity contribution in [1.82, 2.24) is 9.97 Å². The lowest BCUT2D eigenvalue weighted by atomic mass is 9.94. The second kappa shape index (κ2) is 10.5. The van der Waals surface area contributed by atoms with Crippen LogP contribution in [0.1, 0.15) is 73.5 Å². The van der Waals surface area contributed by atoms with E-state index in [1.807, 2.05) is 18.7 Å². The lowest BCUT2D eigenvalue weighted by Gasteiger charge is -2.22. The van der Waals surface area contributed by atoms with E-state index in [9.17, 15) is 4.79 Å². The van der Waals surface area contributed by atoms with Gasteiger partial charge < -0.3 is 4.74 Å². The highest BCUT2D eigenvalue weighted by molar-refractivity contribution is 7.99. The van der Waals surface area contributed by atoms with Gasteiger partial charge in [-0.1, -0.05) is 18.8 Å². The molecule has 1 aromatic carbocycles. The van der Waals surface area contributed by atoms with E-state index < -0.39 is 0 Å². The average molecular weight is 409 g/mol. The summed E-state index contributed by atoms with van der Waals surface area (Å²) in [5, 5.41) is 0. The van der Waals surface area contributed by atoms with Gasteiger partial charge in [0.2, 0.25) is 0 Å². The highest BCUT2D eigenvalue weighted by Gasteiger charge is 2.18. The van der Waals surface area contributed by atoms with Gasteiger partial charge in [-0.25, -0.2) is 9.97 Å². The smallest absolute Gasteiger partial charge is 0.305 e. The quantitative estimate of drug-likeness (QED) is 0.380. The number of unbranched alkanes of at least 4 members (excludes halogenated alkanes) is 1. The molecule has 3 rings (SSSR count). The predicted octanol–water partition coefficient (Wildman–Crippen LogP) is 5.06. The van der Waals surface area contributed by atoms with Gasteiger partial charge in [0.05, 0.1) is 12.2 Å². The van der Waals surface area contributed by atoms with E-state index in [1.165, 1.54) is 28.2 Å². The van der Waals surface area contributed by atoms with Gasteiger partial charge in [-0.3, -0.25) is 4.79 Å². The first-order valence-corrected chi connectivity index (χ1v) is 11.3. The van der Waals surface area contributed by atoms with Gasteiger partial charge in [-0.05, 0) is 68.0 Å². The topological polar surface area (TPSA) is 52.1 Å². The summed E-state index contributed by atoms with van der Waals surface area (Å²) in [7, 11) is 0. The van der Waals surface area contributed by atoms with Crippen LogP contribution in [0.5, 0.6) is 0 Å². The molecule has 1 atom stereocenters. The number of carbonyl (C=O) groups excluding carboxylic acids is 1. The Morgan fingerprint density at radius 2 is 2.03 bits per heavy atom. The Kier molecular flexibility index (Phi) is 7.71. The summed E-state index contributed by atoms with van der Waals surface area (Å²) in [6.07, 6.45) is 7.66. The second-order valence-electron chi connectivity index (χ2n) is 7.39. The molecule has 2 heterocycles. The van der Waals surface area contributed by atoms with Crippen molar-refractivity contribution in [2.45, 2.75) is 63.7 Å². The molecule has 0 aliphatic carbocycles. The molecule has 0 radical (unpaired) electrons. The second-order valence-corrected chi connectivity index (χ2v) is 8.53. The highest BCUT2D eigenvalue weighted by Crippen LogP contribution is 2.38. The van der Waals surface area contributed by atoms with Gasteiger partial charge in [0.25, 0.3) is 0 Å². The van der Waals surface area contributed by atoms with Gasteiger partial charge in [0, 0.05) is 35.7 Å². The van der Waals surface area contributed by atoms with E-state index in [4.69, 9.17) is 4.74 Å². The standard InChI is InChI=1S/C24H28N2O2S/c1-4-28-24(27)8-6-5-7-23-25-15-19(16-26-23)9-10-20-14-21-17(2)11-12-29-22(21)13-18(20)3/h13-17H,4-8,11-12H2,1-3H3. The maximum Gasteiger partial charge on any atom is 0.305 e. The zero-order valence-electron chi connectivity index (χ0n) is 17.5. The van der Waals surface area contributed by atoms with E-state index in [1.54, 1.807) is 12.4 Å². The summed E-state index contributed by atoms with van der Waals surface area (Å²) in [5.41, 5.74) is 4.54. The summed E-state index contributed by atoms with van der Waals surface area (Å²) in [6, 6.07) is 4.53. The lowest BCUT2D eigenvalue weighted by molar-refractivity contribution is -0.143. The van der Waals surface area contributed by atoms with Crippen LogP contribution in [-0.4, -0.2) is 28.3 Å². The SMILES string of the molecule is CCOC(=O)CCCCc1ncc(C#Cc2cc3c(cc2C)SCCC3C)cn1. The Morgan fingerprint density at radius 1 is 1.24 bits per heavy atom. The molecule has 1 aromatic heterocycles. The third kappa shape index (κ3) is 6.08. The maximum absolute atomic E-state index is 11.3. The van der Waals surface area contributed by atoms with Gasteiger partial charge >= 0.3 is 5.97 Å². The fourth-order valence-electron chi connectivity index (χ4n) is 3.32. The molecule has 29 heavy (non-hydrogen) atoms. The molecule has 0 spiro atoms. The summed E-state index contributed by atoms with van der Waals surface area (Å²) >= 11 is 1.95. The summed E-state index contributed by atoms with van der Waals surface area (Å²) in [6.45, 7) is 6.68. The molecule has 0 saturated carbocycles. The van der Waals surface area contributed by atoms with Crippen LogP contribution in [0.25, 0.3) is 0 Å². The molecule has 152 valence electrons. The number of esters is 1. The van der Waals surface area contributed by atoms with E-state index in [0.29, 0.717) is 18.9 Å². The van der Waals surface area contributed by atoms with Crippen LogP contribution < -0.4 is 0 Å². The van der Waals surface area contributed by atoms with E-state index in [0.717, 1.165) is 36.2 Å². The molecule has 1 aliphatic heterocycles. The van der Waals surface area contributed by atoms with Crippen molar-refractivity contribution in [1.29, 1.82) is 0 Å². The number of aromatic nitrogens is 2. The maximum atomic E-state index is 11.3. The molecule has 1 aliphatic rings. The summed E-state index contributed by atoms with van der Waals surface area (Å²) in [5.74, 6) is 8.96. The van der Waals surface area contributed by atoms with Crippen LogP contribution in [0.2, 0.25) is 0 Å². The predicted molar refractivity (Wildman–Crippen MR) is 117 cm³/mol. The number of aryl methyl sites for hydroxylation is 2. The monoisotopic (exact) mass is 408 g/mol. The van der Waals surface area contributed by atoms with Crippen molar-refractivity contribution in [2.24, 2.45) is 0 Å². The molecule has 2 aromatic rings. The van der Waals surface area contributed by atoms with Crippen molar-refractivity contribution in [3.8, 4) is 11.8 Å². The molecule has 0 amide bonds. The van der Waals surface area contributed by atoms with Crippen molar-refractivity contribution in [2.75, 3.05) is 12.4 Å². The average Bonchev–Trinajstić information content (AvgIpc) is 2.71. The minimum absolute atomic E-state index is 0.135. The minimum atomic E-state index is -0.135. The number of nitrogens with zero attached hydrogens (tertiary/aromatic N) is 2. The molecule has 0 saturated heterocycles. The number of ether oxygens (including phenoxy) is 1. The number of rotatable bonds is 6. The fraction of sp³-hybridized carbons (Fsp3) is 0.458.